The number of nitrogens with zero attached hydrogens (tertiary/aromatic N) is 5. The number of hydrogen-bond acceptors (Lipinski definition) is 5. The second kappa shape index (κ2) is 9.78. The van der Waals surface area contributed by atoms with Crippen LogP contribution in [-0.4, -0.2) is 45.1 Å². The molecule has 0 fully saturated rings. The van der Waals surface area contributed by atoms with Crippen molar-refractivity contribution in [3.63, 3.8) is 0 Å². The smallest absolute Gasteiger partial charge is 0.315 e. The number of carbonyl (C=O) groups is 1. The average molecular weight is 431 g/mol. The molecule has 0 radical (unpaired) electrons. The monoisotopic (exact) mass is 430 g/mol. The summed E-state index contributed by atoms with van der Waals surface area (Å²) in [6.07, 6.45) is 3.73. The van der Waals surface area contributed by atoms with Crippen LogP contribution in [-0.2, 0) is 19.6 Å². The molecule has 0 atom stereocenters. The Bertz CT molecular complexity index is 1150. The van der Waals surface area contributed by atoms with E-state index in [0.29, 0.717) is 18.3 Å². The number of carbonyl (C=O) groups excluding carboxylic acids is 1. The lowest BCUT2D eigenvalue weighted by molar-refractivity contribution is 0.240. The van der Waals surface area contributed by atoms with E-state index in [2.05, 4.69) is 61.2 Å². The summed E-state index contributed by atoms with van der Waals surface area (Å²) < 4.78 is 1.89. The number of benzene rings is 2. The summed E-state index contributed by atoms with van der Waals surface area (Å²) in [5, 5.41) is 16.9. The molecule has 4 aromatic rings. The van der Waals surface area contributed by atoms with Gasteiger partial charge in [0.25, 0.3) is 0 Å². The minimum absolute atomic E-state index is 0.267. The van der Waals surface area contributed by atoms with E-state index in [4.69, 9.17) is 0 Å². The quantitative estimate of drug-likeness (QED) is 0.399. The van der Waals surface area contributed by atoms with Gasteiger partial charge in [0.1, 0.15) is 5.82 Å². The molecule has 2 amide bonds. The molecule has 0 bridgehead atoms. The number of aromatic amines is 1. The van der Waals surface area contributed by atoms with E-state index in [9.17, 15) is 4.79 Å². The summed E-state index contributed by atoms with van der Waals surface area (Å²) in [6.45, 7) is 1.42. The fraction of sp³-hybridized carbons (Fsp3) is 0.217. The van der Waals surface area contributed by atoms with Gasteiger partial charge in [-0.1, -0.05) is 48.5 Å². The fourth-order valence-electron chi connectivity index (χ4n) is 3.29. The van der Waals surface area contributed by atoms with Gasteiger partial charge in [-0.25, -0.2) is 4.79 Å². The van der Waals surface area contributed by atoms with E-state index in [1.807, 2.05) is 49.2 Å². The van der Waals surface area contributed by atoms with Crippen LogP contribution in [0.5, 0.6) is 0 Å². The number of amides is 2. The molecule has 0 unspecified atom stereocenters. The highest BCUT2D eigenvalue weighted by atomic mass is 16.2. The number of H-pyrrole nitrogens is 1. The van der Waals surface area contributed by atoms with Crippen molar-refractivity contribution in [2.45, 2.75) is 19.6 Å². The molecule has 0 aliphatic heterocycles. The van der Waals surface area contributed by atoms with Crippen molar-refractivity contribution in [2.75, 3.05) is 19.0 Å². The Morgan fingerprint density at radius 3 is 2.53 bits per heavy atom. The molecule has 4 rings (SSSR count). The van der Waals surface area contributed by atoms with Crippen molar-refractivity contribution in [3.8, 4) is 11.1 Å². The first-order valence-corrected chi connectivity index (χ1v) is 10.3. The number of rotatable bonds is 8. The van der Waals surface area contributed by atoms with Crippen molar-refractivity contribution < 1.29 is 4.79 Å². The van der Waals surface area contributed by atoms with Crippen LogP contribution in [0.25, 0.3) is 11.1 Å². The topological polar surface area (TPSA) is 104 Å². The molecule has 32 heavy (non-hydrogen) atoms. The van der Waals surface area contributed by atoms with E-state index in [1.165, 1.54) is 5.56 Å². The van der Waals surface area contributed by atoms with Crippen LogP contribution in [0.4, 0.5) is 10.7 Å². The molecule has 164 valence electrons. The van der Waals surface area contributed by atoms with Gasteiger partial charge in [-0.05, 0) is 28.3 Å². The van der Waals surface area contributed by atoms with Gasteiger partial charge in [0.15, 0.2) is 0 Å². The van der Waals surface area contributed by atoms with E-state index in [0.717, 1.165) is 23.2 Å². The Labute approximate surface area is 186 Å². The van der Waals surface area contributed by atoms with Gasteiger partial charge in [-0.15, -0.1) is 5.10 Å². The Morgan fingerprint density at radius 2 is 1.81 bits per heavy atom. The highest BCUT2D eigenvalue weighted by molar-refractivity contribution is 5.74. The van der Waals surface area contributed by atoms with Crippen LogP contribution in [0.2, 0.25) is 0 Å². The van der Waals surface area contributed by atoms with Crippen LogP contribution in [0, 0.1) is 0 Å². The van der Waals surface area contributed by atoms with Gasteiger partial charge in [0.05, 0.1) is 13.1 Å². The standard InChI is InChI=1S/C23H26N8O/c1-30(2)22-27-21(28-29-22)15-25-23(32)24-14-19-6-3-4-7-20(19)18-10-8-17(9-11-18)16-31-13-5-12-26-31/h3-13H,14-16H2,1-2H3,(H2,24,25,32)(H,27,28,29). The average Bonchev–Trinajstić information content (AvgIpc) is 3.49. The molecule has 9 nitrogen and oxygen atoms in total. The summed E-state index contributed by atoms with van der Waals surface area (Å²) in [7, 11) is 3.72. The third-order valence-electron chi connectivity index (χ3n) is 4.96. The van der Waals surface area contributed by atoms with Crippen LogP contribution >= 0.6 is 0 Å². The number of anilines is 1. The zero-order valence-corrected chi connectivity index (χ0v) is 18.1. The van der Waals surface area contributed by atoms with Crippen LogP contribution < -0.4 is 15.5 Å². The van der Waals surface area contributed by atoms with Crippen LogP contribution in [0.15, 0.2) is 67.0 Å². The second-order valence-electron chi connectivity index (χ2n) is 7.57. The summed E-state index contributed by atoms with van der Waals surface area (Å²) in [4.78, 5) is 18.4. The van der Waals surface area contributed by atoms with Gasteiger partial charge < -0.3 is 15.5 Å². The Kier molecular flexibility index (Phi) is 6.45. The van der Waals surface area contributed by atoms with Crippen LogP contribution in [0.1, 0.15) is 17.0 Å². The zero-order valence-electron chi connectivity index (χ0n) is 18.1. The molecule has 9 heteroatoms. The molecule has 3 N–H and O–H groups in total. The third kappa shape index (κ3) is 5.31. The Balaban J connectivity index is 1.35. The minimum Gasteiger partial charge on any atom is -0.346 e. The zero-order chi connectivity index (χ0) is 22.3. The van der Waals surface area contributed by atoms with Crippen LogP contribution in [0.3, 0.4) is 0 Å². The van der Waals surface area contributed by atoms with Gasteiger partial charge >= 0.3 is 6.03 Å². The molecule has 0 spiro atoms. The maximum atomic E-state index is 12.3. The van der Waals surface area contributed by atoms with Gasteiger partial charge in [0, 0.05) is 33.0 Å². The lowest BCUT2D eigenvalue weighted by atomic mass is 9.98. The lowest BCUT2D eigenvalue weighted by Crippen LogP contribution is -2.35. The Hall–Kier alpha value is -4.14. The molecular formula is C23H26N8O. The molecule has 2 aromatic heterocycles. The first-order valence-electron chi connectivity index (χ1n) is 10.3. The number of nitrogens with one attached hydrogen (secondary N) is 3. The van der Waals surface area contributed by atoms with Gasteiger partial charge in [-0.2, -0.15) is 10.1 Å². The minimum atomic E-state index is -0.267. The maximum Gasteiger partial charge on any atom is 0.315 e. The van der Waals surface area contributed by atoms with E-state index < -0.39 is 0 Å². The summed E-state index contributed by atoms with van der Waals surface area (Å²) >= 11 is 0. The predicted molar refractivity (Wildman–Crippen MR) is 123 cm³/mol. The van der Waals surface area contributed by atoms with E-state index >= 15 is 0 Å². The number of hydrogen-bond donors (Lipinski definition) is 3. The predicted octanol–water partition coefficient (Wildman–Crippen LogP) is 2.78. The molecule has 0 aliphatic carbocycles. The van der Waals surface area contributed by atoms with Crippen molar-refractivity contribution in [3.05, 3.63) is 83.9 Å². The van der Waals surface area contributed by atoms with Gasteiger partial charge in [0.2, 0.25) is 5.95 Å². The molecule has 0 saturated heterocycles. The van der Waals surface area contributed by atoms with Crippen molar-refractivity contribution in [1.82, 2.24) is 35.6 Å². The summed E-state index contributed by atoms with van der Waals surface area (Å²) in [5.41, 5.74) is 4.41. The Morgan fingerprint density at radius 1 is 1.03 bits per heavy atom. The van der Waals surface area contributed by atoms with Crippen molar-refractivity contribution in [2.24, 2.45) is 0 Å². The van der Waals surface area contributed by atoms with Gasteiger partial charge in [-0.3, -0.25) is 9.78 Å². The summed E-state index contributed by atoms with van der Waals surface area (Å²) in [5.74, 6) is 1.17. The molecule has 0 saturated carbocycles. The SMILES string of the molecule is CN(C)c1n[nH]c(CNC(=O)NCc2ccccc2-c2ccc(Cn3cccn3)cc2)n1. The molecular weight excluding hydrogens is 404 g/mol. The summed E-state index contributed by atoms with van der Waals surface area (Å²) in [6, 6.07) is 18.1. The fourth-order valence-corrected chi connectivity index (χ4v) is 3.29. The first-order chi connectivity index (χ1) is 15.6. The number of urea groups is 1. The van der Waals surface area contributed by atoms with E-state index in [1.54, 1.807) is 11.1 Å². The second-order valence-corrected chi connectivity index (χ2v) is 7.57. The lowest BCUT2D eigenvalue weighted by Gasteiger charge is -2.12. The normalized spacial score (nSPS) is 10.7. The first kappa shape index (κ1) is 21.1. The van der Waals surface area contributed by atoms with E-state index in [-0.39, 0.29) is 12.6 Å². The number of aromatic nitrogens is 5. The molecule has 0 aliphatic rings. The highest BCUT2D eigenvalue weighted by Gasteiger charge is 2.09. The molecule has 2 heterocycles. The van der Waals surface area contributed by atoms with Crippen molar-refractivity contribution >= 4 is 12.0 Å². The third-order valence-corrected chi connectivity index (χ3v) is 4.96. The largest absolute Gasteiger partial charge is 0.346 e. The highest BCUT2D eigenvalue weighted by Crippen LogP contribution is 2.24. The maximum absolute atomic E-state index is 12.3. The van der Waals surface area contributed by atoms with Crippen molar-refractivity contribution in [1.29, 1.82) is 0 Å². The molecule has 2 aromatic carbocycles.